The molecule has 2 atom stereocenters. The minimum Gasteiger partial charge on any atom is -0.380 e. The highest BCUT2D eigenvalue weighted by atomic mass is 16.5. The maximum absolute atomic E-state index is 11.5. The fourth-order valence-electron chi connectivity index (χ4n) is 1.54. The monoisotopic (exact) mass is 186 g/mol. The van der Waals surface area contributed by atoms with Crippen molar-refractivity contribution >= 4 is 5.91 Å². The van der Waals surface area contributed by atoms with E-state index in [0.717, 1.165) is 13.0 Å². The number of nitrogens with zero attached hydrogens (tertiary/aromatic N) is 1. The molecule has 0 aromatic carbocycles. The average Bonchev–Trinajstić information content (AvgIpc) is 2.44. The summed E-state index contributed by atoms with van der Waals surface area (Å²) >= 11 is 0. The summed E-state index contributed by atoms with van der Waals surface area (Å²) in [5.41, 5.74) is 5.60. The molecule has 1 aliphatic heterocycles. The molecule has 0 aromatic heterocycles. The van der Waals surface area contributed by atoms with Crippen molar-refractivity contribution in [2.24, 2.45) is 5.73 Å². The number of hydrogen-bond donors (Lipinski definition) is 1. The van der Waals surface area contributed by atoms with Gasteiger partial charge < -0.3 is 15.4 Å². The third-order valence-corrected chi connectivity index (χ3v) is 2.38. The highest BCUT2D eigenvalue weighted by Gasteiger charge is 2.31. The van der Waals surface area contributed by atoms with Gasteiger partial charge in [0.2, 0.25) is 5.91 Å². The van der Waals surface area contributed by atoms with Crippen molar-refractivity contribution in [2.45, 2.75) is 32.4 Å². The Morgan fingerprint density at radius 3 is 2.92 bits per heavy atom. The second kappa shape index (κ2) is 4.58. The maximum Gasteiger partial charge on any atom is 0.239 e. The number of carbonyl (C=O) groups excluding carboxylic acids is 1. The van der Waals surface area contributed by atoms with Crippen LogP contribution in [0.5, 0.6) is 0 Å². The molecule has 76 valence electrons. The molecule has 1 saturated heterocycles. The molecule has 1 rings (SSSR count). The highest BCUT2D eigenvalue weighted by molar-refractivity contribution is 5.83. The van der Waals surface area contributed by atoms with Gasteiger partial charge in [-0.3, -0.25) is 4.79 Å². The lowest BCUT2D eigenvalue weighted by atomic mass is 10.3. The van der Waals surface area contributed by atoms with E-state index in [1.54, 1.807) is 4.90 Å². The Hall–Kier alpha value is -0.610. The van der Waals surface area contributed by atoms with Gasteiger partial charge in [0.15, 0.2) is 0 Å². The number of ether oxygens (including phenoxy) is 1. The predicted molar refractivity (Wildman–Crippen MR) is 50.3 cm³/mol. The molecule has 4 nitrogen and oxygen atoms in total. The zero-order valence-electron chi connectivity index (χ0n) is 8.32. The van der Waals surface area contributed by atoms with Gasteiger partial charge in [-0.15, -0.1) is 0 Å². The van der Waals surface area contributed by atoms with Gasteiger partial charge in [-0.1, -0.05) is 0 Å². The van der Waals surface area contributed by atoms with Crippen LogP contribution in [0.4, 0.5) is 0 Å². The number of nitrogens with two attached hydrogens (primary N) is 1. The van der Waals surface area contributed by atoms with E-state index in [-0.39, 0.29) is 18.0 Å². The molecule has 13 heavy (non-hydrogen) atoms. The standard InChI is InChI=1S/C9H18N2O2/c1-3-13-6-7(2)11-5-4-8(10)9(11)12/h7-8H,3-6,10H2,1-2H3. The van der Waals surface area contributed by atoms with Crippen molar-refractivity contribution in [2.75, 3.05) is 19.8 Å². The Morgan fingerprint density at radius 2 is 2.46 bits per heavy atom. The Morgan fingerprint density at radius 1 is 1.77 bits per heavy atom. The SMILES string of the molecule is CCOCC(C)N1CCC(N)C1=O. The topological polar surface area (TPSA) is 55.6 Å². The molecule has 0 aromatic rings. The first-order chi connectivity index (χ1) is 6.16. The van der Waals surface area contributed by atoms with Crippen LogP contribution < -0.4 is 5.73 Å². The van der Waals surface area contributed by atoms with Crippen LogP contribution in [-0.4, -0.2) is 42.6 Å². The van der Waals surface area contributed by atoms with E-state index in [0.29, 0.717) is 13.2 Å². The predicted octanol–water partition coefficient (Wildman–Crippen LogP) is -0.0290. The minimum atomic E-state index is -0.288. The number of amides is 1. The largest absolute Gasteiger partial charge is 0.380 e. The van der Waals surface area contributed by atoms with Crippen LogP contribution in [0.2, 0.25) is 0 Å². The Bertz CT molecular complexity index is 184. The van der Waals surface area contributed by atoms with Gasteiger partial charge in [-0.05, 0) is 20.3 Å². The summed E-state index contributed by atoms with van der Waals surface area (Å²) in [5, 5.41) is 0. The van der Waals surface area contributed by atoms with E-state index in [2.05, 4.69) is 0 Å². The summed E-state index contributed by atoms with van der Waals surface area (Å²) in [6.07, 6.45) is 0.773. The zero-order chi connectivity index (χ0) is 9.84. The molecule has 4 heteroatoms. The van der Waals surface area contributed by atoms with Crippen LogP contribution in [0.3, 0.4) is 0 Å². The van der Waals surface area contributed by atoms with E-state index in [4.69, 9.17) is 10.5 Å². The van der Waals surface area contributed by atoms with E-state index in [9.17, 15) is 4.79 Å². The lowest BCUT2D eigenvalue weighted by molar-refractivity contribution is -0.131. The maximum atomic E-state index is 11.5. The van der Waals surface area contributed by atoms with Crippen molar-refractivity contribution in [3.8, 4) is 0 Å². The highest BCUT2D eigenvalue weighted by Crippen LogP contribution is 2.12. The molecule has 1 heterocycles. The Kier molecular flexibility index (Phi) is 3.69. The fraction of sp³-hybridized carbons (Fsp3) is 0.889. The molecule has 0 bridgehead atoms. The third-order valence-electron chi connectivity index (χ3n) is 2.38. The van der Waals surface area contributed by atoms with Crippen molar-refractivity contribution in [1.82, 2.24) is 4.90 Å². The summed E-state index contributed by atoms with van der Waals surface area (Å²) in [4.78, 5) is 13.3. The minimum absolute atomic E-state index is 0.0622. The second-order valence-electron chi connectivity index (χ2n) is 3.44. The molecule has 0 radical (unpaired) electrons. The van der Waals surface area contributed by atoms with E-state index in [1.807, 2.05) is 13.8 Å². The van der Waals surface area contributed by atoms with Gasteiger partial charge >= 0.3 is 0 Å². The second-order valence-corrected chi connectivity index (χ2v) is 3.44. The fourth-order valence-corrected chi connectivity index (χ4v) is 1.54. The van der Waals surface area contributed by atoms with Crippen molar-refractivity contribution < 1.29 is 9.53 Å². The van der Waals surface area contributed by atoms with Gasteiger partial charge in [-0.2, -0.15) is 0 Å². The molecular formula is C9H18N2O2. The number of carbonyl (C=O) groups is 1. The first-order valence-electron chi connectivity index (χ1n) is 4.80. The van der Waals surface area contributed by atoms with Crippen LogP contribution in [0.1, 0.15) is 20.3 Å². The van der Waals surface area contributed by atoms with Crippen LogP contribution in [0, 0.1) is 0 Å². The van der Waals surface area contributed by atoms with E-state index >= 15 is 0 Å². The van der Waals surface area contributed by atoms with Crippen molar-refractivity contribution in [3.63, 3.8) is 0 Å². The molecule has 1 fully saturated rings. The molecule has 0 saturated carbocycles. The summed E-state index contributed by atoms with van der Waals surface area (Å²) in [6, 6.07) is -0.134. The molecule has 1 amide bonds. The molecule has 2 N–H and O–H groups in total. The quantitative estimate of drug-likeness (QED) is 0.671. The summed E-state index contributed by atoms with van der Waals surface area (Å²) in [5.74, 6) is 0.0622. The van der Waals surface area contributed by atoms with Gasteiger partial charge in [0.1, 0.15) is 0 Å². The molecule has 2 unspecified atom stereocenters. The third kappa shape index (κ3) is 2.42. The van der Waals surface area contributed by atoms with E-state index in [1.165, 1.54) is 0 Å². The summed E-state index contributed by atoms with van der Waals surface area (Å²) in [7, 11) is 0. The van der Waals surface area contributed by atoms with Crippen molar-refractivity contribution in [1.29, 1.82) is 0 Å². The first-order valence-corrected chi connectivity index (χ1v) is 4.80. The number of likely N-dealkylation sites (tertiary alicyclic amines) is 1. The molecular weight excluding hydrogens is 168 g/mol. The Balaban J connectivity index is 2.39. The summed E-state index contributed by atoms with van der Waals surface area (Å²) < 4.78 is 5.26. The molecule has 1 aliphatic rings. The average molecular weight is 186 g/mol. The smallest absolute Gasteiger partial charge is 0.239 e. The van der Waals surface area contributed by atoms with Crippen LogP contribution in [0.25, 0.3) is 0 Å². The molecule has 0 spiro atoms. The Labute approximate surface area is 79.0 Å². The van der Waals surface area contributed by atoms with E-state index < -0.39 is 0 Å². The normalized spacial score (nSPS) is 25.3. The van der Waals surface area contributed by atoms with Crippen LogP contribution in [0.15, 0.2) is 0 Å². The van der Waals surface area contributed by atoms with Gasteiger partial charge in [0.05, 0.1) is 18.7 Å². The first kappa shape index (κ1) is 10.5. The molecule has 0 aliphatic carbocycles. The number of hydrogen-bond acceptors (Lipinski definition) is 3. The van der Waals surface area contributed by atoms with Gasteiger partial charge in [-0.25, -0.2) is 0 Å². The summed E-state index contributed by atoms with van der Waals surface area (Å²) in [6.45, 7) is 6.01. The van der Waals surface area contributed by atoms with Gasteiger partial charge in [0, 0.05) is 13.2 Å². The lowest BCUT2D eigenvalue weighted by Gasteiger charge is -2.24. The zero-order valence-corrected chi connectivity index (χ0v) is 8.32. The van der Waals surface area contributed by atoms with Crippen LogP contribution in [-0.2, 0) is 9.53 Å². The van der Waals surface area contributed by atoms with Crippen molar-refractivity contribution in [3.05, 3.63) is 0 Å². The van der Waals surface area contributed by atoms with Gasteiger partial charge in [0.25, 0.3) is 0 Å². The number of rotatable bonds is 4. The lowest BCUT2D eigenvalue weighted by Crippen LogP contribution is -2.41. The van der Waals surface area contributed by atoms with Crippen LogP contribution >= 0.6 is 0 Å².